The Kier molecular flexibility index (Phi) is 3.57. The Morgan fingerprint density at radius 2 is 1.71 bits per heavy atom. The topological polar surface area (TPSA) is 30.2 Å². The Morgan fingerprint density at radius 1 is 0.875 bits per heavy atom. The van der Waals surface area contributed by atoms with Crippen LogP contribution in [0.3, 0.4) is 0 Å². The molecule has 3 heterocycles. The Labute approximate surface area is 140 Å². The molecule has 4 rings (SSSR count). The van der Waals surface area contributed by atoms with Crippen molar-refractivity contribution >= 4 is 5.52 Å². The lowest BCUT2D eigenvalue weighted by atomic mass is 10.1. The maximum Gasteiger partial charge on any atom is 0.164 e. The summed E-state index contributed by atoms with van der Waals surface area (Å²) in [5.74, 6) is 7.21. The molecule has 0 saturated heterocycles. The van der Waals surface area contributed by atoms with Gasteiger partial charge < -0.3 is 0 Å². The van der Waals surface area contributed by atoms with Gasteiger partial charge in [-0.15, -0.1) is 0 Å². The Hall–Kier alpha value is -3.38. The van der Waals surface area contributed by atoms with Crippen molar-refractivity contribution in [3.05, 3.63) is 89.9 Å². The third-order valence-corrected chi connectivity index (χ3v) is 3.82. The van der Waals surface area contributed by atoms with Crippen LogP contribution in [0.4, 0.5) is 0 Å². The molecule has 0 N–H and O–H groups in total. The lowest BCUT2D eigenvalue weighted by Crippen LogP contribution is -1.90. The first kappa shape index (κ1) is 14.2. The highest BCUT2D eigenvalue weighted by Crippen LogP contribution is 2.20. The molecule has 0 fully saturated rings. The Morgan fingerprint density at radius 3 is 2.50 bits per heavy atom. The maximum atomic E-state index is 4.72. The van der Waals surface area contributed by atoms with Crippen LogP contribution in [-0.4, -0.2) is 14.4 Å². The lowest BCUT2D eigenvalue weighted by Gasteiger charge is -1.98. The van der Waals surface area contributed by atoms with Gasteiger partial charge in [-0.05, 0) is 49.2 Å². The molecule has 0 saturated carbocycles. The van der Waals surface area contributed by atoms with Crippen molar-refractivity contribution < 1.29 is 0 Å². The van der Waals surface area contributed by atoms with Gasteiger partial charge in [0.05, 0.1) is 5.52 Å². The zero-order valence-electron chi connectivity index (χ0n) is 13.3. The van der Waals surface area contributed by atoms with E-state index >= 15 is 0 Å². The van der Waals surface area contributed by atoms with Crippen LogP contribution in [0, 0.1) is 18.8 Å². The zero-order chi connectivity index (χ0) is 16.4. The molecule has 0 aliphatic carbocycles. The van der Waals surface area contributed by atoms with Gasteiger partial charge in [-0.1, -0.05) is 35.7 Å². The minimum absolute atomic E-state index is 0.761. The highest BCUT2D eigenvalue weighted by molar-refractivity contribution is 5.67. The summed E-state index contributed by atoms with van der Waals surface area (Å²) in [5, 5.41) is 0. The van der Waals surface area contributed by atoms with Crippen LogP contribution in [0.5, 0.6) is 0 Å². The highest BCUT2D eigenvalue weighted by Gasteiger charge is 2.11. The van der Waals surface area contributed by atoms with Crippen molar-refractivity contribution in [2.75, 3.05) is 0 Å². The number of benzene rings is 1. The molecule has 0 atom stereocenters. The maximum absolute atomic E-state index is 4.72. The van der Waals surface area contributed by atoms with Crippen LogP contribution >= 0.6 is 0 Å². The number of rotatable bonds is 1. The van der Waals surface area contributed by atoms with E-state index in [1.807, 2.05) is 59.1 Å². The number of hydrogen-bond donors (Lipinski definition) is 0. The van der Waals surface area contributed by atoms with Crippen molar-refractivity contribution in [1.82, 2.24) is 14.4 Å². The van der Waals surface area contributed by atoms with E-state index in [1.165, 1.54) is 5.56 Å². The molecule has 0 aliphatic heterocycles. The van der Waals surface area contributed by atoms with Crippen molar-refractivity contribution in [2.24, 2.45) is 0 Å². The van der Waals surface area contributed by atoms with E-state index in [0.717, 1.165) is 28.3 Å². The van der Waals surface area contributed by atoms with E-state index in [-0.39, 0.29) is 0 Å². The SMILES string of the molecule is Cc1ccc(C#Cc2nc(-c3ccccn3)n3ccccc23)cc1. The summed E-state index contributed by atoms with van der Waals surface area (Å²) in [6.07, 6.45) is 3.76. The molecule has 0 amide bonds. The molecule has 3 nitrogen and oxygen atoms in total. The number of fused-ring (bicyclic) bond motifs is 1. The predicted octanol–water partition coefficient (Wildman–Crippen LogP) is 4.10. The third-order valence-electron chi connectivity index (χ3n) is 3.82. The van der Waals surface area contributed by atoms with Crippen LogP contribution < -0.4 is 0 Å². The first-order valence-electron chi connectivity index (χ1n) is 7.78. The van der Waals surface area contributed by atoms with Crippen LogP contribution in [0.25, 0.3) is 17.0 Å². The number of nitrogens with zero attached hydrogens (tertiary/aromatic N) is 3. The summed E-state index contributed by atoms with van der Waals surface area (Å²) in [7, 11) is 0. The Bertz CT molecular complexity index is 1050. The summed E-state index contributed by atoms with van der Waals surface area (Å²) in [6.45, 7) is 2.07. The quantitative estimate of drug-likeness (QED) is 0.495. The second kappa shape index (κ2) is 6.02. The second-order valence-electron chi connectivity index (χ2n) is 5.57. The molecule has 3 heteroatoms. The van der Waals surface area contributed by atoms with Crippen LogP contribution in [-0.2, 0) is 0 Å². The first-order valence-corrected chi connectivity index (χ1v) is 7.78. The summed E-state index contributed by atoms with van der Waals surface area (Å²) in [4.78, 5) is 9.13. The van der Waals surface area contributed by atoms with Gasteiger partial charge in [0.2, 0.25) is 0 Å². The van der Waals surface area contributed by atoms with Gasteiger partial charge in [0.25, 0.3) is 0 Å². The molecule has 1 aromatic carbocycles. The minimum Gasteiger partial charge on any atom is -0.297 e. The van der Waals surface area contributed by atoms with E-state index in [1.54, 1.807) is 6.20 Å². The normalized spacial score (nSPS) is 10.4. The largest absolute Gasteiger partial charge is 0.297 e. The summed E-state index contributed by atoms with van der Waals surface area (Å²) < 4.78 is 2.03. The molecule has 4 aromatic rings. The standard InChI is InChI=1S/C21H15N3/c1-16-8-10-17(11-9-16)12-13-18-20-7-3-5-15-24(20)21(23-18)19-6-2-4-14-22-19/h2-11,14-15H,1H3. The molecule has 0 spiro atoms. The molecule has 0 bridgehead atoms. The van der Waals surface area contributed by atoms with E-state index in [2.05, 4.69) is 35.9 Å². The van der Waals surface area contributed by atoms with Crippen molar-refractivity contribution in [2.45, 2.75) is 6.92 Å². The number of imidazole rings is 1. The fourth-order valence-electron chi connectivity index (χ4n) is 2.57. The lowest BCUT2D eigenvalue weighted by molar-refractivity contribution is 1.13. The van der Waals surface area contributed by atoms with Gasteiger partial charge in [-0.25, -0.2) is 4.98 Å². The van der Waals surface area contributed by atoms with Gasteiger partial charge >= 0.3 is 0 Å². The minimum atomic E-state index is 0.761. The van der Waals surface area contributed by atoms with E-state index < -0.39 is 0 Å². The number of aromatic nitrogens is 3. The van der Waals surface area contributed by atoms with Crippen molar-refractivity contribution in [3.63, 3.8) is 0 Å². The molecule has 0 aliphatic rings. The van der Waals surface area contributed by atoms with Gasteiger partial charge in [-0.3, -0.25) is 9.38 Å². The molecule has 0 unspecified atom stereocenters. The molecule has 114 valence electrons. The number of hydrogen-bond acceptors (Lipinski definition) is 2. The van der Waals surface area contributed by atoms with Gasteiger partial charge in [0.1, 0.15) is 11.4 Å². The van der Waals surface area contributed by atoms with E-state index in [0.29, 0.717) is 0 Å². The average molecular weight is 309 g/mol. The second-order valence-corrected chi connectivity index (χ2v) is 5.57. The van der Waals surface area contributed by atoms with Crippen molar-refractivity contribution in [1.29, 1.82) is 0 Å². The zero-order valence-corrected chi connectivity index (χ0v) is 13.3. The van der Waals surface area contributed by atoms with Crippen LogP contribution in [0.1, 0.15) is 16.8 Å². The van der Waals surface area contributed by atoms with Gasteiger partial charge in [0.15, 0.2) is 5.82 Å². The molecule has 3 aromatic heterocycles. The molecule has 24 heavy (non-hydrogen) atoms. The summed E-state index contributed by atoms with van der Waals surface area (Å²) in [5.41, 5.74) is 4.79. The van der Waals surface area contributed by atoms with Crippen LogP contribution in [0.15, 0.2) is 73.1 Å². The molecular formula is C21H15N3. The van der Waals surface area contributed by atoms with Crippen molar-refractivity contribution in [3.8, 4) is 23.4 Å². The monoisotopic (exact) mass is 309 g/mol. The highest BCUT2D eigenvalue weighted by atomic mass is 15.0. The fourth-order valence-corrected chi connectivity index (χ4v) is 2.57. The predicted molar refractivity (Wildman–Crippen MR) is 95.6 cm³/mol. The number of pyridine rings is 2. The van der Waals surface area contributed by atoms with Crippen LogP contribution in [0.2, 0.25) is 0 Å². The number of aryl methyl sites for hydroxylation is 1. The average Bonchev–Trinajstić information content (AvgIpc) is 3.01. The summed E-state index contributed by atoms with van der Waals surface area (Å²) >= 11 is 0. The fraction of sp³-hybridized carbons (Fsp3) is 0.0476. The smallest absolute Gasteiger partial charge is 0.164 e. The molecule has 0 radical (unpaired) electrons. The van der Waals surface area contributed by atoms with Gasteiger partial charge in [0, 0.05) is 18.0 Å². The first-order chi connectivity index (χ1) is 11.8. The van der Waals surface area contributed by atoms with E-state index in [4.69, 9.17) is 4.98 Å². The van der Waals surface area contributed by atoms with Gasteiger partial charge in [-0.2, -0.15) is 0 Å². The summed E-state index contributed by atoms with van der Waals surface area (Å²) in [6, 6.07) is 20.0. The Balaban J connectivity index is 1.84. The molecular weight excluding hydrogens is 294 g/mol. The third kappa shape index (κ3) is 2.66. The van der Waals surface area contributed by atoms with E-state index in [9.17, 15) is 0 Å².